The first-order valence-electron chi connectivity index (χ1n) is 4.79. The van der Waals surface area contributed by atoms with Crippen LogP contribution in [0.15, 0.2) is 35.4 Å². The van der Waals surface area contributed by atoms with Crippen molar-refractivity contribution in [2.75, 3.05) is 6.61 Å². The van der Waals surface area contributed by atoms with E-state index in [1.165, 1.54) is 0 Å². The number of nitrogens with zero attached hydrogens (tertiary/aromatic N) is 1. The predicted molar refractivity (Wildman–Crippen MR) is 58.4 cm³/mol. The molecule has 0 heterocycles. The van der Waals surface area contributed by atoms with Gasteiger partial charge in [0.2, 0.25) is 0 Å². The second-order valence-corrected chi connectivity index (χ2v) is 2.83. The average molecular weight is 206 g/mol. The fourth-order valence-electron chi connectivity index (χ4n) is 1.01. The minimum atomic E-state index is -0.432. The van der Waals surface area contributed by atoms with E-state index >= 15 is 0 Å². The average Bonchev–Trinajstić information content (AvgIpc) is 2.26. The Hall–Kier alpha value is -1.84. The highest BCUT2D eigenvalue weighted by Crippen LogP contribution is 1.96. The molecule has 0 radical (unpaired) electrons. The maximum atomic E-state index is 10.8. The maximum absolute atomic E-state index is 10.8. The number of benzene rings is 1. The second-order valence-electron chi connectivity index (χ2n) is 2.83. The van der Waals surface area contributed by atoms with Gasteiger partial charge in [-0.2, -0.15) is 5.10 Å². The molecule has 0 spiro atoms. The molecular weight excluding hydrogens is 192 g/mol. The van der Waals surface area contributed by atoms with Gasteiger partial charge in [-0.05, 0) is 12.5 Å². The molecule has 4 heteroatoms. The minimum absolute atomic E-state index is 0.365. The molecule has 0 atom stereocenters. The van der Waals surface area contributed by atoms with E-state index in [4.69, 9.17) is 0 Å². The highest BCUT2D eigenvalue weighted by atomic mass is 16.5. The summed E-state index contributed by atoms with van der Waals surface area (Å²) in [6.07, 6.45) is 1.13. The van der Waals surface area contributed by atoms with Gasteiger partial charge in [-0.3, -0.25) is 0 Å². The number of hydrogen-bond acceptors (Lipinski definition) is 4. The van der Waals surface area contributed by atoms with Crippen molar-refractivity contribution >= 4 is 12.2 Å². The summed E-state index contributed by atoms with van der Waals surface area (Å²) in [4.78, 5) is 10.8. The molecule has 0 saturated carbocycles. The number of hydrazone groups is 1. The van der Waals surface area contributed by atoms with E-state index in [0.717, 1.165) is 11.8 Å². The van der Waals surface area contributed by atoms with E-state index in [2.05, 4.69) is 15.3 Å². The van der Waals surface area contributed by atoms with Crippen molar-refractivity contribution in [1.29, 1.82) is 0 Å². The molecule has 0 fully saturated rings. The van der Waals surface area contributed by atoms with Gasteiger partial charge >= 0.3 is 5.97 Å². The van der Waals surface area contributed by atoms with Crippen LogP contribution in [0.25, 0.3) is 0 Å². The zero-order valence-corrected chi connectivity index (χ0v) is 8.64. The molecule has 0 aromatic heterocycles. The smallest absolute Gasteiger partial charge is 0.351 e. The first-order valence-corrected chi connectivity index (χ1v) is 4.79. The van der Waals surface area contributed by atoms with Crippen LogP contribution in [-0.4, -0.2) is 18.8 Å². The van der Waals surface area contributed by atoms with Crippen LogP contribution in [0.3, 0.4) is 0 Å². The second kappa shape index (κ2) is 6.59. The van der Waals surface area contributed by atoms with Gasteiger partial charge < -0.3 is 10.2 Å². The SMILES string of the molecule is CCOC(=O)/C=N\NCc1ccccc1. The van der Waals surface area contributed by atoms with Gasteiger partial charge in [-0.25, -0.2) is 4.79 Å². The molecule has 0 unspecified atom stereocenters. The Bertz CT molecular complexity index is 323. The number of hydrogen-bond donors (Lipinski definition) is 1. The van der Waals surface area contributed by atoms with Crippen LogP contribution in [-0.2, 0) is 16.1 Å². The summed E-state index contributed by atoms with van der Waals surface area (Å²) < 4.78 is 4.67. The molecule has 0 aliphatic heterocycles. The molecule has 1 N–H and O–H groups in total. The van der Waals surface area contributed by atoms with Crippen molar-refractivity contribution < 1.29 is 9.53 Å². The third kappa shape index (κ3) is 4.81. The number of carbonyl (C=O) groups is 1. The van der Waals surface area contributed by atoms with Gasteiger partial charge in [0.1, 0.15) is 6.21 Å². The van der Waals surface area contributed by atoms with Crippen LogP contribution in [0.4, 0.5) is 0 Å². The first-order chi connectivity index (χ1) is 7.33. The Morgan fingerprint density at radius 1 is 1.47 bits per heavy atom. The zero-order valence-electron chi connectivity index (χ0n) is 8.64. The van der Waals surface area contributed by atoms with Gasteiger partial charge in [0.25, 0.3) is 0 Å². The fourth-order valence-corrected chi connectivity index (χ4v) is 1.01. The van der Waals surface area contributed by atoms with E-state index in [-0.39, 0.29) is 0 Å². The summed E-state index contributed by atoms with van der Waals surface area (Å²) in [5, 5.41) is 3.74. The Balaban J connectivity index is 2.24. The number of carbonyl (C=O) groups excluding carboxylic acids is 1. The fraction of sp³-hybridized carbons (Fsp3) is 0.273. The van der Waals surface area contributed by atoms with E-state index < -0.39 is 5.97 Å². The molecule has 15 heavy (non-hydrogen) atoms. The van der Waals surface area contributed by atoms with Crippen LogP contribution >= 0.6 is 0 Å². The van der Waals surface area contributed by atoms with E-state index in [1.807, 2.05) is 30.3 Å². The Morgan fingerprint density at radius 3 is 2.87 bits per heavy atom. The first kappa shape index (κ1) is 11.2. The Labute approximate surface area is 88.9 Å². The van der Waals surface area contributed by atoms with E-state index in [9.17, 15) is 4.79 Å². The Kier molecular flexibility index (Phi) is 4.94. The van der Waals surface area contributed by atoms with Crippen molar-refractivity contribution in [2.45, 2.75) is 13.5 Å². The summed E-state index contributed by atoms with van der Waals surface area (Å²) in [7, 11) is 0. The van der Waals surface area contributed by atoms with Crippen LogP contribution in [0.2, 0.25) is 0 Å². The van der Waals surface area contributed by atoms with Crippen LogP contribution < -0.4 is 5.43 Å². The van der Waals surface area contributed by atoms with E-state index in [1.54, 1.807) is 6.92 Å². The summed E-state index contributed by atoms with van der Waals surface area (Å²) >= 11 is 0. The van der Waals surface area contributed by atoms with Gasteiger partial charge in [0.05, 0.1) is 13.2 Å². The molecule has 1 rings (SSSR count). The number of rotatable bonds is 5. The van der Waals surface area contributed by atoms with Crippen LogP contribution in [0.5, 0.6) is 0 Å². The van der Waals surface area contributed by atoms with Crippen LogP contribution in [0.1, 0.15) is 12.5 Å². The summed E-state index contributed by atoms with van der Waals surface area (Å²) in [6.45, 7) is 2.71. The Morgan fingerprint density at radius 2 is 2.20 bits per heavy atom. The van der Waals surface area contributed by atoms with Crippen molar-refractivity contribution in [1.82, 2.24) is 5.43 Å². The van der Waals surface area contributed by atoms with Crippen molar-refractivity contribution in [2.24, 2.45) is 5.10 Å². The number of ether oxygens (including phenoxy) is 1. The third-order valence-corrected chi connectivity index (χ3v) is 1.67. The monoisotopic (exact) mass is 206 g/mol. The van der Waals surface area contributed by atoms with Crippen LogP contribution in [0, 0.1) is 0 Å². The molecule has 0 amide bonds. The normalized spacial score (nSPS) is 10.2. The molecule has 0 aliphatic carbocycles. The molecule has 0 bridgehead atoms. The van der Waals surface area contributed by atoms with Gasteiger partial charge in [0.15, 0.2) is 0 Å². The lowest BCUT2D eigenvalue weighted by Gasteiger charge is -1.99. The largest absolute Gasteiger partial charge is 0.462 e. The summed E-state index contributed by atoms with van der Waals surface area (Å²) in [5.74, 6) is -0.432. The molecule has 1 aromatic carbocycles. The molecule has 0 aliphatic rings. The predicted octanol–water partition coefficient (Wildman–Crippen LogP) is 1.33. The lowest BCUT2D eigenvalue weighted by molar-refractivity contribution is -0.134. The van der Waals surface area contributed by atoms with Crippen molar-refractivity contribution in [3.05, 3.63) is 35.9 Å². The molecule has 1 aromatic rings. The number of esters is 1. The topological polar surface area (TPSA) is 50.7 Å². The zero-order chi connectivity index (χ0) is 10.9. The van der Waals surface area contributed by atoms with E-state index in [0.29, 0.717) is 13.2 Å². The quantitative estimate of drug-likeness (QED) is 0.449. The molecule has 80 valence electrons. The lowest BCUT2D eigenvalue weighted by Crippen LogP contribution is -2.10. The van der Waals surface area contributed by atoms with Gasteiger partial charge in [0, 0.05) is 0 Å². The van der Waals surface area contributed by atoms with Gasteiger partial charge in [-0.1, -0.05) is 30.3 Å². The standard InChI is InChI=1S/C11H14N2O2/c1-2-15-11(14)9-13-12-8-10-6-4-3-5-7-10/h3-7,9,12H,2,8H2,1H3/b13-9-. The highest BCUT2D eigenvalue weighted by molar-refractivity contribution is 6.23. The van der Waals surface area contributed by atoms with Gasteiger partial charge in [-0.15, -0.1) is 0 Å². The molecular formula is C11H14N2O2. The third-order valence-electron chi connectivity index (χ3n) is 1.67. The molecule has 4 nitrogen and oxygen atoms in total. The molecule has 0 saturated heterocycles. The van der Waals surface area contributed by atoms with Crippen molar-refractivity contribution in [3.8, 4) is 0 Å². The maximum Gasteiger partial charge on any atom is 0.351 e. The summed E-state index contributed by atoms with van der Waals surface area (Å²) in [5.41, 5.74) is 3.87. The highest BCUT2D eigenvalue weighted by Gasteiger charge is 1.93. The summed E-state index contributed by atoms with van der Waals surface area (Å²) in [6, 6.07) is 9.81. The minimum Gasteiger partial charge on any atom is -0.462 e. The number of nitrogens with one attached hydrogen (secondary N) is 1. The lowest BCUT2D eigenvalue weighted by atomic mass is 10.2. The van der Waals surface area contributed by atoms with Crippen molar-refractivity contribution in [3.63, 3.8) is 0 Å².